The highest BCUT2D eigenvalue weighted by molar-refractivity contribution is 5.77. The molecule has 0 aliphatic rings. The van der Waals surface area contributed by atoms with Crippen LogP contribution in [0.3, 0.4) is 0 Å². The number of rotatable bonds is 5. The predicted molar refractivity (Wildman–Crippen MR) is 153 cm³/mol. The van der Waals surface area contributed by atoms with E-state index >= 15 is 17.6 Å². The summed E-state index contributed by atoms with van der Waals surface area (Å²) in [4.78, 5) is 0. The van der Waals surface area contributed by atoms with Gasteiger partial charge in [0.15, 0.2) is 23.3 Å². The molecule has 4 heteroatoms. The zero-order valence-electron chi connectivity index (χ0n) is 21.2. The zero-order chi connectivity index (χ0) is 27.6. The SMILES string of the molecule is Fc1c(F)c(-c2ccc(-c3ccc(-c4ccccc4)cc3)cc2)c(F)c(F)c1-c1ccc(-c2ccccc2)cc1. The van der Waals surface area contributed by atoms with E-state index in [9.17, 15) is 0 Å². The second-order valence-corrected chi connectivity index (χ2v) is 9.47. The van der Waals surface area contributed by atoms with Gasteiger partial charge in [-0.15, -0.1) is 0 Å². The van der Waals surface area contributed by atoms with Gasteiger partial charge in [0.05, 0.1) is 11.1 Å². The summed E-state index contributed by atoms with van der Waals surface area (Å²) in [5.41, 5.74) is 4.23. The van der Waals surface area contributed by atoms with Gasteiger partial charge in [-0.3, -0.25) is 0 Å². The molecule has 0 aliphatic heterocycles. The molecule has 0 fully saturated rings. The monoisotopic (exact) mass is 530 g/mol. The number of hydrogen-bond acceptors (Lipinski definition) is 0. The van der Waals surface area contributed by atoms with Gasteiger partial charge in [0, 0.05) is 0 Å². The standard InChI is InChI=1S/C36H22F4/c37-33-31(29-19-15-26(16-20-29)24-9-5-2-6-10-24)34(38)36(40)32(35(33)39)30-21-17-28(18-22-30)27-13-11-25(12-14-27)23-7-3-1-4-8-23/h1-22H. The smallest absolute Gasteiger partial charge is 0.170 e. The van der Waals surface area contributed by atoms with Gasteiger partial charge in [-0.25, -0.2) is 17.6 Å². The van der Waals surface area contributed by atoms with E-state index in [0.717, 1.165) is 33.4 Å². The number of benzene rings is 6. The molecule has 6 rings (SSSR count). The van der Waals surface area contributed by atoms with Gasteiger partial charge < -0.3 is 0 Å². The number of halogens is 4. The van der Waals surface area contributed by atoms with Crippen LogP contribution in [0.2, 0.25) is 0 Å². The molecule has 0 saturated heterocycles. The van der Waals surface area contributed by atoms with E-state index in [1.165, 1.54) is 24.3 Å². The van der Waals surface area contributed by atoms with Gasteiger partial charge >= 0.3 is 0 Å². The van der Waals surface area contributed by atoms with Crippen molar-refractivity contribution in [3.05, 3.63) is 157 Å². The first-order valence-corrected chi connectivity index (χ1v) is 12.8. The van der Waals surface area contributed by atoms with Crippen molar-refractivity contribution in [3.63, 3.8) is 0 Å². The minimum atomic E-state index is -1.43. The average molecular weight is 531 g/mol. The molecule has 0 aliphatic carbocycles. The molecule has 0 amide bonds. The molecule has 40 heavy (non-hydrogen) atoms. The maximum atomic E-state index is 15.3. The molecule has 0 saturated carbocycles. The van der Waals surface area contributed by atoms with Crippen LogP contribution in [0, 0.1) is 23.3 Å². The van der Waals surface area contributed by atoms with Crippen molar-refractivity contribution >= 4 is 0 Å². The summed E-state index contributed by atoms with van der Waals surface area (Å²) in [5, 5.41) is 0. The largest absolute Gasteiger partial charge is 0.203 e. The van der Waals surface area contributed by atoms with Gasteiger partial charge in [-0.2, -0.15) is 0 Å². The summed E-state index contributed by atoms with van der Waals surface area (Å²) in [6, 6.07) is 39.8. The van der Waals surface area contributed by atoms with Gasteiger partial charge in [-0.1, -0.05) is 133 Å². The Morgan fingerprint density at radius 1 is 0.225 bits per heavy atom. The molecule has 0 N–H and O–H groups in total. The Morgan fingerprint density at radius 3 is 0.675 bits per heavy atom. The lowest BCUT2D eigenvalue weighted by molar-refractivity contribution is 0.463. The molecule has 0 bridgehead atoms. The first-order chi connectivity index (χ1) is 19.5. The maximum Gasteiger partial charge on any atom is 0.170 e. The molecule has 0 unspecified atom stereocenters. The molecular formula is C36H22F4. The van der Waals surface area contributed by atoms with E-state index in [2.05, 4.69) is 0 Å². The minimum absolute atomic E-state index is 0.0448. The molecule has 0 nitrogen and oxygen atoms in total. The lowest BCUT2D eigenvalue weighted by atomic mass is 9.94. The Hall–Kier alpha value is -4.96. The van der Waals surface area contributed by atoms with Gasteiger partial charge in [0.25, 0.3) is 0 Å². The van der Waals surface area contributed by atoms with Crippen molar-refractivity contribution < 1.29 is 17.6 Å². The summed E-state index contributed by atoms with van der Waals surface area (Å²) >= 11 is 0. The van der Waals surface area contributed by atoms with Crippen LogP contribution in [0.15, 0.2) is 133 Å². The van der Waals surface area contributed by atoms with Crippen molar-refractivity contribution in [2.75, 3.05) is 0 Å². The van der Waals surface area contributed by atoms with Gasteiger partial charge in [-0.05, 0) is 44.5 Å². The van der Waals surface area contributed by atoms with Crippen molar-refractivity contribution in [1.82, 2.24) is 0 Å². The predicted octanol–water partition coefficient (Wildman–Crippen LogP) is 10.6. The average Bonchev–Trinajstić information content (AvgIpc) is 3.02. The molecule has 6 aromatic rings. The van der Waals surface area contributed by atoms with E-state index in [-0.39, 0.29) is 11.1 Å². The second-order valence-electron chi connectivity index (χ2n) is 9.47. The highest BCUT2D eigenvalue weighted by atomic mass is 19.2. The van der Waals surface area contributed by atoms with E-state index < -0.39 is 34.4 Å². The molecule has 0 spiro atoms. The topological polar surface area (TPSA) is 0 Å². The quantitative estimate of drug-likeness (QED) is 0.154. The molecule has 0 atom stereocenters. The van der Waals surface area contributed by atoms with Crippen LogP contribution < -0.4 is 0 Å². The fourth-order valence-corrected chi connectivity index (χ4v) is 4.91. The van der Waals surface area contributed by atoms with Crippen LogP contribution in [0.1, 0.15) is 0 Å². The van der Waals surface area contributed by atoms with Crippen LogP contribution in [0.4, 0.5) is 17.6 Å². The Bertz CT molecular complexity index is 1750. The Morgan fingerprint density at radius 2 is 0.425 bits per heavy atom. The third kappa shape index (κ3) is 4.69. The fraction of sp³-hybridized carbons (Fsp3) is 0. The lowest BCUT2D eigenvalue weighted by Gasteiger charge is -2.14. The zero-order valence-corrected chi connectivity index (χ0v) is 21.2. The third-order valence-corrected chi connectivity index (χ3v) is 7.04. The first kappa shape index (κ1) is 25.3. The van der Waals surface area contributed by atoms with Crippen molar-refractivity contribution in [3.8, 4) is 55.6 Å². The van der Waals surface area contributed by atoms with E-state index in [4.69, 9.17) is 0 Å². The summed E-state index contributed by atoms with van der Waals surface area (Å²) < 4.78 is 61.0. The number of hydrogen-bond donors (Lipinski definition) is 0. The highest BCUT2D eigenvalue weighted by Crippen LogP contribution is 2.38. The molecule has 0 radical (unpaired) electrons. The van der Waals surface area contributed by atoms with Crippen LogP contribution in [-0.4, -0.2) is 0 Å². The molecule has 0 aromatic heterocycles. The summed E-state index contributed by atoms with van der Waals surface area (Å²) in [7, 11) is 0. The van der Waals surface area contributed by atoms with Crippen LogP contribution in [0.25, 0.3) is 55.6 Å². The molecule has 0 heterocycles. The Kier molecular flexibility index (Phi) is 6.75. The van der Waals surface area contributed by atoms with E-state index in [0.29, 0.717) is 0 Å². The van der Waals surface area contributed by atoms with Crippen molar-refractivity contribution in [1.29, 1.82) is 0 Å². The molecular weight excluding hydrogens is 508 g/mol. The van der Waals surface area contributed by atoms with E-state index in [1.54, 1.807) is 24.3 Å². The van der Waals surface area contributed by atoms with Crippen LogP contribution in [0.5, 0.6) is 0 Å². The highest BCUT2D eigenvalue weighted by Gasteiger charge is 2.27. The van der Waals surface area contributed by atoms with Gasteiger partial charge in [0.1, 0.15) is 0 Å². The maximum absolute atomic E-state index is 15.3. The second kappa shape index (κ2) is 10.7. The summed E-state index contributed by atoms with van der Waals surface area (Å²) in [6.45, 7) is 0. The van der Waals surface area contributed by atoms with E-state index in [1.807, 2.05) is 84.9 Å². The minimum Gasteiger partial charge on any atom is -0.203 e. The summed E-state index contributed by atoms with van der Waals surface area (Å²) in [5.74, 6) is -5.72. The van der Waals surface area contributed by atoms with Gasteiger partial charge in [0.2, 0.25) is 0 Å². The summed E-state index contributed by atoms with van der Waals surface area (Å²) in [6.07, 6.45) is 0. The lowest BCUT2D eigenvalue weighted by Crippen LogP contribution is -2.03. The third-order valence-electron chi connectivity index (χ3n) is 7.04. The molecule has 6 aromatic carbocycles. The normalized spacial score (nSPS) is 11.0. The Balaban J connectivity index is 1.31. The Labute approximate surface area is 229 Å². The fourth-order valence-electron chi connectivity index (χ4n) is 4.91. The van der Waals surface area contributed by atoms with Crippen LogP contribution in [-0.2, 0) is 0 Å². The first-order valence-electron chi connectivity index (χ1n) is 12.8. The van der Waals surface area contributed by atoms with Crippen molar-refractivity contribution in [2.24, 2.45) is 0 Å². The molecule has 194 valence electrons. The van der Waals surface area contributed by atoms with Crippen LogP contribution >= 0.6 is 0 Å². The van der Waals surface area contributed by atoms with Crippen molar-refractivity contribution in [2.45, 2.75) is 0 Å².